The number of hydrogen-bond donors (Lipinski definition) is 3. The van der Waals surface area contributed by atoms with Crippen molar-refractivity contribution in [2.45, 2.75) is 6.18 Å². The van der Waals surface area contributed by atoms with Gasteiger partial charge in [-0.25, -0.2) is 9.36 Å². The number of phenols is 1. The van der Waals surface area contributed by atoms with E-state index in [1.165, 1.54) is 36.4 Å². The summed E-state index contributed by atoms with van der Waals surface area (Å²) in [7, 11) is 0. The summed E-state index contributed by atoms with van der Waals surface area (Å²) < 4.78 is 40.0. The second-order valence-electron chi connectivity index (χ2n) is 8.66. The predicted octanol–water partition coefficient (Wildman–Crippen LogP) is 7.20. The number of aromatic hydroxyl groups is 2. The third-order valence-electron chi connectivity index (χ3n) is 6.19. The van der Waals surface area contributed by atoms with Crippen LogP contribution in [0.25, 0.3) is 27.6 Å². The van der Waals surface area contributed by atoms with Crippen LogP contribution in [0.4, 0.5) is 24.5 Å². The molecule has 0 fully saturated rings. The van der Waals surface area contributed by atoms with Crippen molar-refractivity contribution in [1.82, 2.24) is 4.57 Å². The van der Waals surface area contributed by atoms with Gasteiger partial charge in [0.2, 0.25) is 5.88 Å². The lowest BCUT2D eigenvalue weighted by molar-refractivity contribution is -0.137. The highest BCUT2D eigenvalue weighted by Crippen LogP contribution is 2.39. The van der Waals surface area contributed by atoms with Crippen LogP contribution >= 0.6 is 0 Å². The Labute approximate surface area is 223 Å². The maximum atomic E-state index is 13.5. The first-order valence-corrected chi connectivity index (χ1v) is 11.7. The summed E-state index contributed by atoms with van der Waals surface area (Å²) in [5, 5.41) is 39.6. The molecule has 5 aromatic rings. The molecule has 0 aliphatic heterocycles. The normalized spacial score (nSPS) is 11.8. The van der Waals surface area contributed by atoms with E-state index in [-0.39, 0.29) is 44.7 Å². The molecule has 0 bridgehead atoms. The highest BCUT2D eigenvalue weighted by atomic mass is 19.4. The smallest absolute Gasteiger partial charge is 0.416 e. The lowest BCUT2D eigenvalue weighted by Crippen LogP contribution is -2.18. The van der Waals surface area contributed by atoms with E-state index in [0.29, 0.717) is 5.56 Å². The molecule has 0 radical (unpaired) electrons. The number of carbonyl (C=O) groups is 1. The van der Waals surface area contributed by atoms with Gasteiger partial charge in [-0.2, -0.15) is 13.2 Å². The number of para-hydroxylation sites is 1. The summed E-state index contributed by atoms with van der Waals surface area (Å²) in [5.41, 5.74) is -1.37. The van der Waals surface area contributed by atoms with Gasteiger partial charge in [-0.15, -0.1) is 10.2 Å². The summed E-state index contributed by atoms with van der Waals surface area (Å²) in [4.78, 5) is 24.8. The summed E-state index contributed by atoms with van der Waals surface area (Å²) in [6.07, 6.45) is -4.58. The number of carboxylic acids is 1. The van der Waals surface area contributed by atoms with Crippen molar-refractivity contribution in [1.29, 1.82) is 0 Å². The van der Waals surface area contributed by atoms with E-state index in [1.54, 1.807) is 30.3 Å². The first-order chi connectivity index (χ1) is 19.1. The van der Waals surface area contributed by atoms with Crippen LogP contribution in [0, 0.1) is 0 Å². The Morgan fingerprint density at radius 1 is 0.800 bits per heavy atom. The van der Waals surface area contributed by atoms with E-state index < -0.39 is 29.1 Å². The van der Waals surface area contributed by atoms with Crippen LogP contribution in [0.5, 0.6) is 11.6 Å². The van der Waals surface area contributed by atoms with Crippen LogP contribution < -0.4 is 5.56 Å². The maximum absolute atomic E-state index is 13.5. The first kappa shape index (κ1) is 26.2. The van der Waals surface area contributed by atoms with E-state index >= 15 is 0 Å². The number of aromatic carboxylic acids is 1. The molecule has 0 atom stereocenters. The Kier molecular flexibility index (Phi) is 6.56. The van der Waals surface area contributed by atoms with E-state index in [9.17, 15) is 38.1 Å². The maximum Gasteiger partial charge on any atom is 0.416 e. The Hall–Kier alpha value is -5.45. The number of aromatic nitrogens is 1. The van der Waals surface area contributed by atoms with E-state index in [1.807, 2.05) is 0 Å². The third kappa shape index (κ3) is 4.75. The Balaban J connectivity index is 1.64. The fourth-order valence-corrected chi connectivity index (χ4v) is 4.23. The molecule has 40 heavy (non-hydrogen) atoms. The van der Waals surface area contributed by atoms with Crippen LogP contribution in [0.1, 0.15) is 15.9 Å². The molecule has 1 heterocycles. The lowest BCUT2D eigenvalue weighted by Gasteiger charge is -2.14. The fourth-order valence-electron chi connectivity index (χ4n) is 4.23. The van der Waals surface area contributed by atoms with Gasteiger partial charge < -0.3 is 15.3 Å². The SMILES string of the molecule is O=C(O)c1cccc(-c2cccc(N=Nc3c(=O)n(-c4ccc(C(F)(F)F)cc4)c(O)c4ccccc34)c2O)c1. The van der Waals surface area contributed by atoms with Crippen molar-refractivity contribution in [2.75, 3.05) is 0 Å². The highest BCUT2D eigenvalue weighted by molar-refractivity contribution is 5.95. The standard InChI is InChI=1S/C29H18F3N3O5/c30-29(31,32)18-11-13-19(14-12-18)35-26(37)22-8-2-1-7-21(22)24(27(35)38)34-33-23-10-4-9-20(25(23)36)16-5-3-6-17(15-16)28(39)40/h1-15,36-37H,(H,39,40). The molecule has 11 heteroatoms. The average molecular weight is 545 g/mol. The van der Waals surface area contributed by atoms with Gasteiger partial charge in [0, 0.05) is 16.3 Å². The average Bonchev–Trinajstić information content (AvgIpc) is 2.93. The molecule has 3 N–H and O–H groups in total. The second-order valence-corrected chi connectivity index (χ2v) is 8.66. The van der Waals surface area contributed by atoms with Crippen molar-refractivity contribution >= 4 is 28.1 Å². The number of phenolic OH excluding ortho intramolecular Hbond substituents is 1. The monoisotopic (exact) mass is 545 g/mol. The quantitative estimate of drug-likeness (QED) is 0.202. The number of halogens is 3. The number of benzene rings is 4. The number of pyridine rings is 1. The Morgan fingerprint density at radius 3 is 2.15 bits per heavy atom. The zero-order chi connectivity index (χ0) is 28.6. The number of azo groups is 1. The predicted molar refractivity (Wildman–Crippen MR) is 141 cm³/mol. The molecule has 0 saturated heterocycles. The largest absolute Gasteiger partial charge is 0.505 e. The summed E-state index contributed by atoms with van der Waals surface area (Å²) in [5.74, 6) is -1.96. The number of rotatable bonds is 5. The van der Waals surface area contributed by atoms with Gasteiger partial charge in [0.05, 0.1) is 16.8 Å². The molecule has 8 nitrogen and oxygen atoms in total. The molecule has 1 aromatic heterocycles. The number of nitrogens with zero attached hydrogens (tertiary/aromatic N) is 3. The van der Waals surface area contributed by atoms with Gasteiger partial charge in [0.1, 0.15) is 5.69 Å². The molecule has 0 spiro atoms. The zero-order valence-corrected chi connectivity index (χ0v) is 20.3. The van der Waals surface area contributed by atoms with Gasteiger partial charge in [-0.05, 0) is 54.1 Å². The van der Waals surface area contributed by atoms with Crippen molar-refractivity contribution in [3.63, 3.8) is 0 Å². The minimum Gasteiger partial charge on any atom is -0.505 e. The van der Waals surface area contributed by atoms with E-state index in [4.69, 9.17) is 0 Å². The highest BCUT2D eigenvalue weighted by Gasteiger charge is 2.30. The van der Waals surface area contributed by atoms with Crippen molar-refractivity contribution in [3.05, 3.63) is 112 Å². The second kappa shape index (κ2) is 10.0. The third-order valence-corrected chi connectivity index (χ3v) is 6.19. The number of carboxylic acid groups (broad SMARTS) is 1. The van der Waals surface area contributed by atoms with Crippen LogP contribution in [0.2, 0.25) is 0 Å². The zero-order valence-electron chi connectivity index (χ0n) is 20.3. The molecular formula is C29H18F3N3O5. The number of hydrogen-bond acceptors (Lipinski definition) is 6. The van der Waals surface area contributed by atoms with E-state index in [0.717, 1.165) is 28.8 Å². The fraction of sp³-hybridized carbons (Fsp3) is 0.0345. The summed E-state index contributed by atoms with van der Waals surface area (Å²) >= 11 is 0. The molecule has 0 amide bonds. The molecular weight excluding hydrogens is 527 g/mol. The van der Waals surface area contributed by atoms with Crippen LogP contribution in [0.15, 0.2) is 106 Å². The minimum absolute atomic E-state index is 0.0170. The van der Waals surface area contributed by atoms with Crippen LogP contribution in [-0.2, 0) is 6.18 Å². The van der Waals surface area contributed by atoms with Crippen LogP contribution in [0.3, 0.4) is 0 Å². The lowest BCUT2D eigenvalue weighted by atomic mass is 10.0. The molecule has 5 rings (SSSR count). The molecule has 4 aromatic carbocycles. The van der Waals surface area contributed by atoms with Gasteiger partial charge in [0.25, 0.3) is 5.56 Å². The summed E-state index contributed by atoms with van der Waals surface area (Å²) in [6, 6.07) is 20.4. The minimum atomic E-state index is -4.58. The number of fused-ring (bicyclic) bond motifs is 1. The molecule has 0 aliphatic carbocycles. The van der Waals surface area contributed by atoms with Gasteiger partial charge in [0.15, 0.2) is 11.4 Å². The van der Waals surface area contributed by atoms with Crippen molar-refractivity contribution in [2.24, 2.45) is 10.2 Å². The van der Waals surface area contributed by atoms with Crippen LogP contribution in [-0.4, -0.2) is 25.9 Å². The van der Waals surface area contributed by atoms with Crippen molar-refractivity contribution < 1.29 is 33.3 Å². The Morgan fingerprint density at radius 2 is 1.48 bits per heavy atom. The number of alkyl halides is 3. The first-order valence-electron chi connectivity index (χ1n) is 11.7. The molecule has 200 valence electrons. The molecule has 0 saturated carbocycles. The topological polar surface area (TPSA) is 124 Å². The van der Waals surface area contributed by atoms with Crippen molar-refractivity contribution in [3.8, 4) is 28.4 Å². The molecule has 0 aliphatic rings. The van der Waals surface area contributed by atoms with Gasteiger partial charge >= 0.3 is 12.1 Å². The molecule has 0 unspecified atom stereocenters. The summed E-state index contributed by atoms with van der Waals surface area (Å²) in [6.45, 7) is 0. The Bertz CT molecular complexity index is 1860. The van der Waals surface area contributed by atoms with Gasteiger partial charge in [-0.3, -0.25) is 4.79 Å². The van der Waals surface area contributed by atoms with E-state index in [2.05, 4.69) is 10.2 Å². The van der Waals surface area contributed by atoms with Gasteiger partial charge in [-0.1, -0.05) is 42.5 Å².